The SMILES string of the molecule is CCCCCCCCC(=O)OCC(COC(=O)CCCCCCCC)CC(=O)O[C@@H]1C[C@@H](OC(=O)CC(COC(=O)CCCCCCCC)COC(=O)CCCCCCCC)CN(C(=O)OC2CCCN(C)C2)C1. The lowest BCUT2D eigenvalue weighted by Gasteiger charge is -2.38. The van der Waals surface area contributed by atoms with Crippen molar-refractivity contribution in [3.63, 3.8) is 0 Å². The minimum absolute atomic E-state index is 0.0158. The molecule has 1 unspecified atom stereocenters. The van der Waals surface area contributed by atoms with Crippen molar-refractivity contribution in [1.29, 1.82) is 0 Å². The van der Waals surface area contributed by atoms with E-state index >= 15 is 0 Å². The second kappa shape index (κ2) is 43.2. The maximum Gasteiger partial charge on any atom is 0.410 e. The molecule has 16 heteroatoms. The van der Waals surface area contributed by atoms with Gasteiger partial charge in [-0.15, -0.1) is 0 Å². The molecule has 74 heavy (non-hydrogen) atoms. The molecule has 0 bridgehead atoms. The van der Waals surface area contributed by atoms with Crippen LogP contribution in [0.2, 0.25) is 0 Å². The van der Waals surface area contributed by atoms with Gasteiger partial charge < -0.3 is 43.0 Å². The van der Waals surface area contributed by atoms with E-state index in [1.165, 1.54) is 4.90 Å². The molecule has 0 spiro atoms. The molecule has 0 aromatic heterocycles. The van der Waals surface area contributed by atoms with Gasteiger partial charge in [0.05, 0.1) is 52.4 Å². The van der Waals surface area contributed by atoms with Gasteiger partial charge in [-0.05, 0) is 52.1 Å². The molecule has 0 aliphatic carbocycles. The van der Waals surface area contributed by atoms with Gasteiger partial charge in [-0.1, -0.05) is 156 Å². The van der Waals surface area contributed by atoms with Crippen molar-refractivity contribution in [3.8, 4) is 0 Å². The number of hydrogen-bond donors (Lipinski definition) is 0. The van der Waals surface area contributed by atoms with E-state index in [0.717, 1.165) is 141 Å². The summed E-state index contributed by atoms with van der Waals surface area (Å²) in [7, 11) is 1.96. The summed E-state index contributed by atoms with van der Waals surface area (Å²) in [5, 5.41) is 0. The van der Waals surface area contributed by atoms with Crippen LogP contribution in [-0.2, 0) is 61.9 Å². The normalized spacial score (nSPS) is 17.0. The Hall–Kier alpha value is -3.95. The number of nitrogens with zero attached hydrogens (tertiary/aromatic N) is 2. The van der Waals surface area contributed by atoms with E-state index in [-0.39, 0.29) is 114 Å². The van der Waals surface area contributed by atoms with Gasteiger partial charge in [0.1, 0.15) is 18.3 Å². The molecule has 2 rings (SSSR count). The fourth-order valence-corrected chi connectivity index (χ4v) is 9.36. The Kier molecular flexibility index (Phi) is 38.6. The predicted molar refractivity (Wildman–Crippen MR) is 285 cm³/mol. The van der Waals surface area contributed by atoms with E-state index in [1.54, 1.807) is 0 Å². The summed E-state index contributed by atoms with van der Waals surface area (Å²) in [5.74, 6) is -4.19. The highest BCUT2D eigenvalue weighted by Gasteiger charge is 2.37. The van der Waals surface area contributed by atoms with Crippen LogP contribution in [-0.4, -0.2) is 130 Å². The highest BCUT2D eigenvalue weighted by atomic mass is 16.6. The maximum absolute atomic E-state index is 13.8. The van der Waals surface area contributed by atoms with E-state index < -0.39 is 42.1 Å². The molecule has 2 fully saturated rings. The van der Waals surface area contributed by atoms with Gasteiger partial charge in [-0.3, -0.25) is 28.8 Å². The van der Waals surface area contributed by atoms with Crippen LogP contribution in [0, 0.1) is 11.8 Å². The molecule has 0 aromatic rings. The molecular formula is C58H102N2O14. The minimum Gasteiger partial charge on any atom is -0.465 e. The molecule has 0 saturated carbocycles. The fraction of sp³-hybridized carbons (Fsp3) is 0.879. The molecule has 3 atom stereocenters. The van der Waals surface area contributed by atoms with Gasteiger partial charge in [0, 0.05) is 50.5 Å². The van der Waals surface area contributed by atoms with E-state index in [9.17, 15) is 33.6 Å². The van der Waals surface area contributed by atoms with Crippen LogP contribution >= 0.6 is 0 Å². The lowest BCUT2D eigenvalue weighted by molar-refractivity contribution is -0.167. The van der Waals surface area contributed by atoms with Crippen molar-refractivity contribution in [2.75, 3.05) is 59.7 Å². The first kappa shape index (κ1) is 66.2. The Labute approximate surface area is 446 Å². The second-order valence-corrected chi connectivity index (χ2v) is 21.2. The van der Waals surface area contributed by atoms with E-state index in [2.05, 4.69) is 32.6 Å². The molecule has 2 heterocycles. The number of amides is 1. The minimum atomic E-state index is -0.900. The van der Waals surface area contributed by atoms with Crippen molar-refractivity contribution in [2.24, 2.45) is 11.8 Å². The molecule has 1 amide bonds. The average molecular weight is 1050 g/mol. The fourth-order valence-electron chi connectivity index (χ4n) is 9.36. The number of piperidine rings is 2. The zero-order valence-corrected chi connectivity index (χ0v) is 47.0. The van der Waals surface area contributed by atoms with Crippen LogP contribution in [0.3, 0.4) is 0 Å². The summed E-state index contributed by atoms with van der Waals surface area (Å²) in [6.07, 6.45) is 23.8. The van der Waals surface area contributed by atoms with Crippen molar-refractivity contribution >= 4 is 41.9 Å². The van der Waals surface area contributed by atoms with Crippen molar-refractivity contribution in [1.82, 2.24) is 9.80 Å². The first-order valence-electron chi connectivity index (χ1n) is 29.5. The smallest absolute Gasteiger partial charge is 0.410 e. The molecule has 0 radical (unpaired) electrons. The van der Waals surface area contributed by atoms with Crippen LogP contribution in [0.5, 0.6) is 0 Å². The number of ether oxygens (including phenoxy) is 7. The van der Waals surface area contributed by atoms with Crippen LogP contribution in [0.4, 0.5) is 4.79 Å². The summed E-state index contributed by atoms with van der Waals surface area (Å²) in [4.78, 5) is 95.9. The lowest BCUT2D eigenvalue weighted by atomic mass is 10.0. The second-order valence-electron chi connectivity index (χ2n) is 21.2. The van der Waals surface area contributed by atoms with Gasteiger partial charge in [-0.2, -0.15) is 0 Å². The van der Waals surface area contributed by atoms with Crippen LogP contribution in [0.25, 0.3) is 0 Å². The maximum atomic E-state index is 13.8. The quantitative estimate of drug-likeness (QED) is 0.0318. The largest absolute Gasteiger partial charge is 0.465 e. The number of unbranched alkanes of at least 4 members (excludes halogenated alkanes) is 20. The number of esters is 6. The average Bonchev–Trinajstić information content (AvgIpc) is 3.37. The summed E-state index contributed by atoms with van der Waals surface area (Å²) < 4.78 is 40.4. The predicted octanol–water partition coefficient (Wildman–Crippen LogP) is 11.9. The summed E-state index contributed by atoms with van der Waals surface area (Å²) in [6.45, 7) is 9.48. The van der Waals surface area contributed by atoms with Gasteiger partial charge in [0.2, 0.25) is 0 Å². The first-order chi connectivity index (χ1) is 35.8. The monoisotopic (exact) mass is 1050 g/mol. The van der Waals surface area contributed by atoms with Crippen LogP contribution in [0.15, 0.2) is 0 Å². The topological polar surface area (TPSA) is 191 Å². The van der Waals surface area contributed by atoms with Crippen LogP contribution < -0.4 is 0 Å². The summed E-state index contributed by atoms with van der Waals surface area (Å²) in [5.41, 5.74) is 0. The lowest BCUT2D eigenvalue weighted by Crippen LogP contribution is -2.52. The van der Waals surface area contributed by atoms with Gasteiger partial charge >= 0.3 is 41.9 Å². The van der Waals surface area contributed by atoms with E-state index in [0.29, 0.717) is 38.6 Å². The zero-order chi connectivity index (χ0) is 54.0. The molecule has 2 aliphatic rings. The highest BCUT2D eigenvalue weighted by molar-refractivity contribution is 5.73. The molecule has 428 valence electrons. The number of carbonyl (C=O) groups is 7. The third-order valence-corrected chi connectivity index (χ3v) is 13.8. The van der Waals surface area contributed by atoms with Gasteiger partial charge in [-0.25, -0.2) is 4.79 Å². The number of hydrogen-bond acceptors (Lipinski definition) is 15. The van der Waals surface area contributed by atoms with Crippen molar-refractivity contribution < 1.29 is 66.7 Å². The van der Waals surface area contributed by atoms with Crippen molar-refractivity contribution in [2.45, 2.75) is 258 Å². The molecule has 2 aliphatic heterocycles. The molecule has 0 N–H and O–H groups in total. The third kappa shape index (κ3) is 34.6. The number of carbonyl (C=O) groups excluding carboxylic acids is 7. The number of likely N-dealkylation sites (tertiary alicyclic amines) is 2. The zero-order valence-electron chi connectivity index (χ0n) is 47.0. The summed E-state index contributed by atoms with van der Waals surface area (Å²) >= 11 is 0. The van der Waals surface area contributed by atoms with E-state index in [1.807, 2.05) is 7.05 Å². The Morgan fingerprint density at radius 3 is 1.05 bits per heavy atom. The molecule has 0 aromatic carbocycles. The standard InChI is InChI=1S/C58H102N2O14/c1-6-10-14-18-22-26-32-52(61)68-43-47(44-69-53(62)33-27-23-19-15-11-7-2)37-56(65)72-50-39-51(42-60(41-50)58(67)74-49-31-30-36-59(5)40-49)73-57(66)38-48(45-70-54(63)34-28-24-20-16-12-8-3)46-71-55(64)35-29-25-21-17-13-9-4/h47-51H,6-46H2,1-5H3/t49?,50-,51-/m1/s1. The molecule has 16 nitrogen and oxygen atoms in total. The highest BCUT2D eigenvalue weighted by Crippen LogP contribution is 2.23. The van der Waals surface area contributed by atoms with Crippen LogP contribution in [0.1, 0.15) is 240 Å². The first-order valence-corrected chi connectivity index (χ1v) is 29.5. The van der Waals surface area contributed by atoms with Crippen molar-refractivity contribution in [3.05, 3.63) is 0 Å². The van der Waals surface area contributed by atoms with Gasteiger partial charge in [0.15, 0.2) is 0 Å². The molecule has 2 saturated heterocycles. The van der Waals surface area contributed by atoms with E-state index in [4.69, 9.17) is 33.2 Å². The van der Waals surface area contributed by atoms with Gasteiger partial charge in [0.25, 0.3) is 0 Å². The Morgan fingerprint density at radius 2 is 0.730 bits per heavy atom. The third-order valence-electron chi connectivity index (χ3n) is 13.8. The Balaban J connectivity index is 2.18. The number of rotatable bonds is 43. The Morgan fingerprint density at radius 1 is 0.405 bits per heavy atom. The Bertz CT molecular complexity index is 1390. The summed E-state index contributed by atoms with van der Waals surface area (Å²) in [6, 6.07) is 0. The number of likely N-dealkylation sites (N-methyl/N-ethyl adjacent to an activating group) is 1. The molecular weight excluding hydrogens is 949 g/mol.